The molecule has 2 heterocycles. The topological polar surface area (TPSA) is 59.6 Å². The van der Waals surface area contributed by atoms with Crippen LogP contribution in [-0.2, 0) is 22.5 Å². The van der Waals surface area contributed by atoms with Gasteiger partial charge in [-0.05, 0) is 36.1 Å². The molecule has 4 unspecified atom stereocenters. The Kier molecular flexibility index (Phi) is 5.54. The molecule has 2 aliphatic rings. The molecule has 7 heteroatoms. The summed E-state index contributed by atoms with van der Waals surface area (Å²) in [4.78, 5) is 11.8. The second kappa shape index (κ2) is 8.24. The SMILES string of the molecule is O=C1NC(Cc2cc(F)cc(F)c2)C(C2CC(OCc3ccccc3)CN2)O1. The van der Waals surface area contributed by atoms with E-state index in [2.05, 4.69) is 10.6 Å². The lowest BCUT2D eigenvalue weighted by molar-refractivity contribution is 0.0464. The van der Waals surface area contributed by atoms with Crippen molar-refractivity contribution >= 4 is 6.09 Å². The van der Waals surface area contributed by atoms with Crippen LogP contribution in [-0.4, -0.2) is 36.9 Å². The van der Waals surface area contributed by atoms with E-state index in [4.69, 9.17) is 9.47 Å². The maximum Gasteiger partial charge on any atom is 0.407 e. The summed E-state index contributed by atoms with van der Waals surface area (Å²) in [6, 6.07) is 12.9. The summed E-state index contributed by atoms with van der Waals surface area (Å²) >= 11 is 0. The Morgan fingerprint density at radius 2 is 1.82 bits per heavy atom. The molecular weight excluding hydrogens is 366 g/mol. The molecule has 2 aromatic carbocycles. The number of benzene rings is 2. The van der Waals surface area contributed by atoms with Gasteiger partial charge in [0.25, 0.3) is 0 Å². The predicted octanol–water partition coefficient (Wildman–Crippen LogP) is 2.93. The largest absolute Gasteiger partial charge is 0.442 e. The van der Waals surface area contributed by atoms with Crippen molar-refractivity contribution in [3.8, 4) is 0 Å². The maximum absolute atomic E-state index is 13.5. The third-order valence-corrected chi connectivity index (χ3v) is 5.17. The Hall–Kier alpha value is -2.51. The lowest BCUT2D eigenvalue weighted by Crippen LogP contribution is -2.44. The first-order chi connectivity index (χ1) is 13.6. The third kappa shape index (κ3) is 4.48. The Bertz CT molecular complexity index is 813. The van der Waals surface area contributed by atoms with Crippen LogP contribution in [0.4, 0.5) is 13.6 Å². The molecule has 0 aliphatic carbocycles. The molecule has 2 saturated heterocycles. The molecular formula is C21H22F2N2O3. The number of carbonyl (C=O) groups is 1. The van der Waals surface area contributed by atoms with Crippen molar-refractivity contribution in [1.29, 1.82) is 0 Å². The monoisotopic (exact) mass is 388 g/mol. The van der Waals surface area contributed by atoms with Gasteiger partial charge < -0.3 is 20.1 Å². The van der Waals surface area contributed by atoms with Crippen molar-refractivity contribution in [2.45, 2.75) is 43.7 Å². The zero-order chi connectivity index (χ0) is 19.5. The van der Waals surface area contributed by atoms with Crippen LogP contribution >= 0.6 is 0 Å². The van der Waals surface area contributed by atoms with Gasteiger partial charge in [-0.25, -0.2) is 13.6 Å². The molecule has 1 amide bonds. The summed E-state index contributed by atoms with van der Waals surface area (Å²) < 4.78 is 38.3. The highest BCUT2D eigenvalue weighted by Gasteiger charge is 2.43. The summed E-state index contributed by atoms with van der Waals surface area (Å²) in [7, 11) is 0. The lowest BCUT2D eigenvalue weighted by Gasteiger charge is -2.23. The van der Waals surface area contributed by atoms with Crippen molar-refractivity contribution in [1.82, 2.24) is 10.6 Å². The molecule has 2 N–H and O–H groups in total. The highest BCUT2D eigenvalue weighted by Crippen LogP contribution is 2.24. The zero-order valence-electron chi connectivity index (χ0n) is 15.2. The number of ether oxygens (including phenoxy) is 2. The fraction of sp³-hybridized carbons (Fsp3) is 0.381. The summed E-state index contributed by atoms with van der Waals surface area (Å²) in [6.07, 6.45) is 0.0579. The summed E-state index contributed by atoms with van der Waals surface area (Å²) in [6.45, 7) is 1.18. The van der Waals surface area contributed by atoms with Crippen LogP contribution < -0.4 is 10.6 Å². The molecule has 148 valence electrons. The average Bonchev–Trinajstić information content (AvgIpc) is 3.26. The number of rotatable bonds is 6. The molecule has 2 aromatic rings. The summed E-state index contributed by atoms with van der Waals surface area (Å²) in [5.74, 6) is -1.27. The van der Waals surface area contributed by atoms with Gasteiger partial charge in [0.15, 0.2) is 0 Å². The molecule has 2 fully saturated rings. The van der Waals surface area contributed by atoms with Crippen LogP contribution in [0.25, 0.3) is 0 Å². The van der Waals surface area contributed by atoms with E-state index in [0.717, 1.165) is 11.6 Å². The normalized spacial score (nSPS) is 26.9. The second-order valence-electron chi connectivity index (χ2n) is 7.27. The van der Waals surface area contributed by atoms with Crippen molar-refractivity contribution in [3.05, 3.63) is 71.3 Å². The number of hydrogen-bond donors (Lipinski definition) is 2. The molecule has 0 spiro atoms. The van der Waals surface area contributed by atoms with E-state index in [1.165, 1.54) is 12.1 Å². The molecule has 4 rings (SSSR count). The highest BCUT2D eigenvalue weighted by atomic mass is 19.1. The molecule has 0 saturated carbocycles. The molecule has 2 aliphatic heterocycles. The van der Waals surface area contributed by atoms with Crippen molar-refractivity contribution in [2.75, 3.05) is 6.54 Å². The quantitative estimate of drug-likeness (QED) is 0.799. The average molecular weight is 388 g/mol. The smallest absolute Gasteiger partial charge is 0.407 e. The number of cyclic esters (lactones) is 1. The predicted molar refractivity (Wildman–Crippen MR) is 98.7 cm³/mol. The van der Waals surface area contributed by atoms with E-state index in [0.29, 0.717) is 31.6 Å². The van der Waals surface area contributed by atoms with E-state index in [1.807, 2.05) is 30.3 Å². The lowest BCUT2D eigenvalue weighted by atomic mass is 9.96. The van der Waals surface area contributed by atoms with Crippen molar-refractivity contribution in [3.63, 3.8) is 0 Å². The Labute approximate surface area is 162 Å². The van der Waals surface area contributed by atoms with E-state index in [-0.39, 0.29) is 18.2 Å². The van der Waals surface area contributed by atoms with Gasteiger partial charge in [-0.15, -0.1) is 0 Å². The van der Waals surface area contributed by atoms with Gasteiger partial charge in [-0.1, -0.05) is 30.3 Å². The number of hydrogen-bond acceptors (Lipinski definition) is 4. The van der Waals surface area contributed by atoms with Gasteiger partial charge in [-0.2, -0.15) is 0 Å². The number of carbonyl (C=O) groups excluding carboxylic acids is 1. The van der Waals surface area contributed by atoms with E-state index in [9.17, 15) is 13.6 Å². The van der Waals surface area contributed by atoms with Crippen LogP contribution in [0, 0.1) is 11.6 Å². The Balaban J connectivity index is 1.36. The first kappa shape index (κ1) is 18.8. The van der Waals surface area contributed by atoms with Crippen LogP contribution in [0.1, 0.15) is 17.5 Å². The summed E-state index contributed by atoms with van der Waals surface area (Å²) in [5.41, 5.74) is 1.58. The van der Waals surface area contributed by atoms with E-state index >= 15 is 0 Å². The fourth-order valence-corrected chi connectivity index (χ4v) is 3.88. The van der Waals surface area contributed by atoms with Gasteiger partial charge >= 0.3 is 6.09 Å². The molecule has 5 nitrogen and oxygen atoms in total. The molecule has 0 radical (unpaired) electrons. The van der Waals surface area contributed by atoms with Gasteiger partial charge in [0.1, 0.15) is 17.7 Å². The first-order valence-corrected chi connectivity index (χ1v) is 9.38. The highest BCUT2D eigenvalue weighted by molar-refractivity contribution is 5.70. The third-order valence-electron chi connectivity index (χ3n) is 5.17. The van der Waals surface area contributed by atoms with E-state index < -0.39 is 23.8 Å². The minimum Gasteiger partial charge on any atom is -0.442 e. The van der Waals surface area contributed by atoms with Gasteiger partial charge in [-0.3, -0.25) is 0 Å². The first-order valence-electron chi connectivity index (χ1n) is 9.38. The van der Waals surface area contributed by atoms with Gasteiger partial charge in [0.05, 0.1) is 18.8 Å². The van der Waals surface area contributed by atoms with Crippen LogP contribution in [0.5, 0.6) is 0 Å². The van der Waals surface area contributed by atoms with Crippen LogP contribution in [0.15, 0.2) is 48.5 Å². The van der Waals surface area contributed by atoms with Crippen molar-refractivity contribution in [2.24, 2.45) is 0 Å². The fourth-order valence-electron chi connectivity index (χ4n) is 3.88. The molecule has 0 aromatic heterocycles. The number of halogens is 2. The molecule has 0 bridgehead atoms. The Morgan fingerprint density at radius 3 is 2.57 bits per heavy atom. The molecule has 4 atom stereocenters. The minimum atomic E-state index is -0.634. The molecule has 28 heavy (non-hydrogen) atoms. The maximum atomic E-state index is 13.5. The van der Waals surface area contributed by atoms with Crippen molar-refractivity contribution < 1.29 is 23.0 Å². The van der Waals surface area contributed by atoms with Gasteiger partial charge in [0, 0.05) is 18.7 Å². The minimum absolute atomic E-state index is 0.0109. The number of amides is 1. The number of alkyl carbamates (subject to hydrolysis) is 1. The van der Waals surface area contributed by atoms with Gasteiger partial charge in [0.2, 0.25) is 0 Å². The van der Waals surface area contributed by atoms with E-state index in [1.54, 1.807) is 0 Å². The summed E-state index contributed by atoms with van der Waals surface area (Å²) in [5, 5.41) is 6.11. The standard InChI is InChI=1S/C21H22F2N2O3/c22-15-6-14(7-16(23)9-15)8-19-20(28-21(26)25-19)18-10-17(11-24-18)27-12-13-4-2-1-3-5-13/h1-7,9,17-20,24H,8,10-12H2,(H,25,26). The number of nitrogens with one attached hydrogen (secondary N) is 2. The zero-order valence-corrected chi connectivity index (χ0v) is 15.2. The van der Waals surface area contributed by atoms with Crippen LogP contribution in [0.3, 0.4) is 0 Å². The Morgan fingerprint density at radius 1 is 1.07 bits per heavy atom. The van der Waals surface area contributed by atoms with Crippen LogP contribution in [0.2, 0.25) is 0 Å². The second-order valence-corrected chi connectivity index (χ2v) is 7.27.